The molecule has 4 nitrogen and oxygen atoms in total. The largest absolute Gasteiger partial charge is 0.274 e. The van der Waals surface area contributed by atoms with Crippen LogP contribution in [0.2, 0.25) is 0 Å². The Morgan fingerprint density at radius 2 is 1.79 bits per heavy atom. The van der Waals surface area contributed by atoms with E-state index >= 15 is 0 Å². The number of hydrogen-bond donors (Lipinski definition) is 1. The van der Waals surface area contributed by atoms with E-state index in [1.54, 1.807) is 0 Å². The summed E-state index contributed by atoms with van der Waals surface area (Å²) in [5, 5.41) is 7.34. The zero-order chi connectivity index (χ0) is 14.0. The van der Waals surface area contributed by atoms with Gasteiger partial charge in [-0.2, -0.15) is 5.10 Å². The van der Waals surface area contributed by atoms with Crippen LogP contribution < -0.4 is 0 Å². The third kappa shape index (κ3) is 3.40. The van der Waals surface area contributed by atoms with Gasteiger partial charge in [0, 0.05) is 17.8 Å². The monoisotopic (exact) mass is 258 g/mol. The Morgan fingerprint density at radius 3 is 2.26 bits per heavy atom. The van der Waals surface area contributed by atoms with Gasteiger partial charge in [-0.25, -0.2) is 9.97 Å². The van der Waals surface area contributed by atoms with Gasteiger partial charge in [-0.3, -0.25) is 5.10 Å². The number of rotatable bonds is 3. The molecule has 0 fully saturated rings. The van der Waals surface area contributed by atoms with Gasteiger partial charge in [0.1, 0.15) is 5.69 Å². The minimum atomic E-state index is 0.0341. The first-order valence-corrected chi connectivity index (χ1v) is 6.73. The maximum atomic E-state index is 4.42. The molecule has 19 heavy (non-hydrogen) atoms. The zero-order valence-corrected chi connectivity index (χ0v) is 12.4. The van der Waals surface area contributed by atoms with Crippen molar-refractivity contribution in [2.45, 2.75) is 46.5 Å². The van der Waals surface area contributed by atoms with Gasteiger partial charge in [0.2, 0.25) is 0 Å². The van der Waals surface area contributed by atoms with Crippen molar-refractivity contribution in [3.8, 4) is 11.5 Å². The van der Waals surface area contributed by atoms with E-state index in [0.29, 0.717) is 11.7 Å². The summed E-state index contributed by atoms with van der Waals surface area (Å²) in [6, 6.07) is 2.03. The molecule has 0 aliphatic rings. The average molecular weight is 258 g/mol. The van der Waals surface area contributed by atoms with Gasteiger partial charge < -0.3 is 0 Å². The Morgan fingerprint density at radius 1 is 1.16 bits per heavy atom. The van der Waals surface area contributed by atoms with Crippen molar-refractivity contribution >= 4 is 0 Å². The highest BCUT2D eigenvalue weighted by atomic mass is 15.1. The van der Waals surface area contributed by atoms with Gasteiger partial charge in [0.15, 0.2) is 5.82 Å². The molecule has 2 heterocycles. The molecule has 0 aliphatic heterocycles. The van der Waals surface area contributed by atoms with Crippen LogP contribution in [0.15, 0.2) is 18.5 Å². The lowest BCUT2D eigenvalue weighted by atomic mass is 9.92. The summed E-state index contributed by atoms with van der Waals surface area (Å²) in [5.41, 5.74) is 3.11. The Labute approximate surface area is 114 Å². The molecule has 2 rings (SSSR count). The molecule has 1 N–H and O–H groups in total. The first-order valence-electron chi connectivity index (χ1n) is 6.73. The minimum Gasteiger partial charge on any atom is -0.274 e. The molecule has 0 radical (unpaired) electrons. The fraction of sp³-hybridized carbons (Fsp3) is 0.533. The molecule has 4 heteroatoms. The van der Waals surface area contributed by atoms with Gasteiger partial charge >= 0.3 is 0 Å². The van der Waals surface area contributed by atoms with Crippen LogP contribution in [0.5, 0.6) is 0 Å². The molecule has 0 spiro atoms. The molecule has 0 aromatic carbocycles. The van der Waals surface area contributed by atoms with E-state index in [1.807, 2.05) is 18.5 Å². The summed E-state index contributed by atoms with van der Waals surface area (Å²) < 4.78 is 0. The summed E-state index contributed by atoms with van der Waals surface area (Å²) in [6.07, 6.45) is 4.82. The quantitative estimate of drug-likeness (QED) is 0.918. The van der Waals surface area contributed by atoms with E-state index in [1.165, 1.54) is 5.56 Å². The molecule has 0 amide bonds. The molecule has 0 aliphatic carbocycles. The first kappa shape index (κ1) is 13.7. The summed E-state index contributed by atoms with van der Waals surface area (Å²) in [7, 11) is 0. The van der Waals surface area contributed by atoms with E-state index < -0.39 is 0 Å². The number of nitrogens with zero attached hydrogens (tertiary/aromatic N) is 3. The SMILES string of the molecule is CC(C)Cc1cnc(-c2cc(C(C)(C)C)n[nH]2)nc1. The highest BCUT2D eigenvalue weighted by molar-refractivity contribution is 5.49. The lowest BCUT2D eigenvalue weighted by Crippen LogP contribution is -2.11. The predicted octanol–water partition coefficient (Wildman–Crippen LogP) is 3.36. The number of hydrogen-bond acceptors (Lipinski definition) is 3. The first-order chi connectivity index (χ1) is 8.86. The fourth-order valence-electron chi connectivity index (χ4n) is 1.89. The topological polar surface area (TPSA) is 54.5 Å². The zero-order valence-electron chi connectivity index (χ0n) is 12.4. The van der Waals surface area contributed by atoms with E-state index in [9.17, 15) is 0 Å². The average Bonchev–Trinajstić information content (AvgIpc) is 2.78. The predicted molar refractivity (Wildman–Crippen MR) is 76.9 cm³/mol. The second-order valence-electron chi connectivity index (χ2n) is 6.43. The van der Waals surface area contributed by atoms with E-state index in [-0.39, 0.29) is 5.41 Å². The van der Waals surface area contributed by atoms with E-state index in [4.69, 9.17) is 0 Å². The number of aromatic nitrogens is 4. The number of H-pyrrole nitrogens is 1. The Bertz CT molecular complexity index is 532. The lowest BCUT2D eigenvalue weighted by molar-refractivity contribution is 0.567. The number of nitrogens with one attached hydrogen (secondary N) is 1. The molecular formula is C15H22N4. The summed E-state index contributed by atoms with van der Waals surface area (Å²) in [6.45, 7) is 10.8. The standard InChI is InChI=1S/C15H22N4/c1-10(2)6-11-8-16-14(17-9-11)12-7-13(19-18-12)15(3,4)5/h7-10H,6H2,1-5H3,(H,18,19). The van der Waals surface area contributed by atoms with Gasteiger partial charge in [0.25, 0.3) is 0 Å². The maximum Gasteiger partial charge on any atom is 0.177 e. The normalized spacial score (nSPS) is 12.1. The van der Waals surface area contributed by atoms with Gasteiger partial charge in [-0.15, -0.1) is 0 Å². The van der Waals surface area contributed by atoms with Crippen LogP contribution in [-0.4, -0.2) is 20.2 Å². The third-order valence-electron chi connectivity index (χ3n) is 2.94. The van der Waals surface area contributed by atoms with Crippen molar-refractivity contribution in [2.75, 3.05) is 0 Å². The molecule has 0 bridgehead atoms. The molecule has 0 atom stereocenters. The lowest BCUT2D eigenvalue weighted by Gasteiger charge is -2.13. The molecule has 102 valence electrons. The maximum absolute atomic E-state index is 4.42. The highest BCUT2D eigenvalue weighted by Crippen LogP contribution is 2.23. The summed E-state index contributed by atoms with van der Waals surface area (Å²) >= 11 is 0. The van der Waals surface area contributed by atoms with Crippen molar-refractivity contribution in [1.29, 1.82) is 0 Å². The van der Waals surface area contributed by atoms with Crippen molar-refractivity contribution in [2.24, 2.45) is 5.92 Å². The van der Waals surface area contributed by atoms with Crippen LogP contribution >= 0.6 is 0 Å². The van der Waals surface area contributed by atoms with E-state index in [2.05, 4.69) is 54.8 Å². The second-order valence-corrected chi connectivity index (χ2v) is 6.43. The summed E-state index contributed by atoms with van der Waals surface area (Å²) in [5.74, 6) is 1.32. The molecule has 0 saturated carbocycles. The van der Waals surface area contributed by atoms with Crippen molar-refractivity contribution in [1.82, 2.24) is 20.2 Å². The van der Waals surface area contributed by atoms with Crippen LogP contribution in [0.1, 0.15) is 45.9 Å². The Balaban J connectivity index is 2.20. The smallest absolute Gasteiger partial charge is 0.177 e. The van der Waals surface area contributed by atoms with Crippen molar-refractivity contribution in [3.05, 3.63) is 29.7 Å². The molecule has 2 aromatic heterocycles. The third-order valence-corrected chi connectivity index (χ3v) is 2.94. The number of aromatic amines is 1. The van der Waals surface area contributed by atoms with Gasteiger partial charge in [-0.05, 0) is 24.0 Å². The highest BCUT2D eigenvalue weighted by Gasteiger charge is 2.18. The molecular weight excluding hydrogens is 236 g/mol. The van der Waals surface area contributed by atoms with Crippen molar-refractivity contribution in [3.63, 3.8) is 0 Å². The Kier molecular flexibility index (Phi) is 3.69. The van der Waals surface area contributed by atoms with Crippen LogP contribution in [-0.2, 0) is 11.8 Å². The van der Waals surface area contributed by atoms with Crippen LogP contribution in [0.3, 0.4) is 0 Å². The van der Waals surface area contributed by atoms with E-state index in [0.717, 1.165) is 17.8 Å². The van der Waals surface area contributed by atoms with Gasteiger partial charge in [0.05, 0.1) is 5.69 Å². The van der Waals surface area contributed by atoms with Crippen LogP contribution in [0.4, 0.5) is 0 Å². The van der Waals surface area contributed by atoms with Crippen molar-refractivity contribution < 1.29 is 0 Å². The second kappa shape index (κ2) is 5.11. The molecule has 0 saturated heterocycles. The van der Waals surface area contributed by atoms with Crippen LogP contribution in [0, 0.1) is 5.92 Å². The Hall–Kier alpha value is -1.71. The van der Waals surface area contributed by atoms with Crippen LogP contribution in [0.25, 0.3) is 11.5 Å². The molecule has 0 unspecified atom stereocenters. The summed E-state index contributed by atoms with van der Waals surface area (Å²) in [4.78, 5) is 8.83. The fourth-order valence-corrected chi connectivity index (χ4v) is 1.89. The minimum absolute atomic E-state index is 0.0341. The van der Waals surface area contributed by atoms with Gasteiger partial charge in [-0.1, -0.05) is 34.6 Å². The molecule has 2 aromatic rings.